The number of nitrogens with zero attached hydrogens (tertiary/aromatic N) is 1. The minimum atomic E-state index is -0.316. The maximum atomic E-state index is 12.7. The van der Waals surface area contributed by atoms with Gasteiger partial charge in [0.05, 0.1) is 12.8 Å². The van der Waals surface area contributed by atoms with Gasteiger partial charge in [-0.25, -0.2) is 9.82 Å². The molecule has 0 spiro atoms. The molecule has 0 aliphatic heterocycles. The van der Waals surface area contributed by atoms with Crippen LogP contribution in [0.25, 0.3) is 0 Å². The third-order valence-electron chi connectivity index (χ3n) is 2.90. The number of rotatable bonds is 5. The molecule has 22 heavy (non-hydrogen) atoms. The number of anilines is 1. The van der Waals surface area contributed by atoms with Gasteiger partial charge in [-0.2, -0.15) is 5.10 Å². The molecule has 2 N–H and O–H groups in total. The van der Waals surface area contributed by atoms with Crippen LogP contribution in [0.4, 0.5) is 10.1 Å². The van der Waals surface area contributed by atoms with Gasteiger partial charge in [-0.15, -0.1) is 0 Å². The number of halogens is 2. The van der Waals surface area contributed by atoms with Gasteiger partial charge in [-0.3, -0.25) is 4.79 Å². The summed E-state index contributed by atoms with van der Waals surface area (Å²) in [7, 11) is 0. The maximum Gasteiger partial charge on any atom is 0.259 e. The van der Waals surface area contributed by atoms with Gasteiger partial charge in [0.25, 0.3) is 5.91 Å². The monoisotopic (exact) mass is 319 g/mol. The third-order valence-corrected chi connectivity index (χ3v) is 3.14. The summed E-state index contributed by atoms with van der Waals surface area (Å²) in [6.45, 7) is 1.99. The molecule has 0 saturated carbocycles. The van der Waals surface area contributed by atoms with Gasteiger partial charge < -0.3 is 5.32 Å². The Morgan fingerprint density at radius 3 is 2.68 bits per heavy atom. The van der Waals surface area contributed by atoms with Crippen molar-refractivity contribution in [3.05, 3.63) is 64.4 Å². The zero-order valence-corrected chi connectivity index (χ0v) is 12.7. The number of nitrogens with one attached hydrogen (secondary N) is 2. The fraction of sp³-hybridized carbons (Fsp3) is 0.125. The van der Waals surface area contributed by atoms with Crippen molar-refractivity contribution >= 4 is 29.4 Å². The van der Waals surface area contributed by atoms with Crippen molar-refractivity contribution in [2.24, 2.45) is 5.10 Å². The van der Waals surface area contributed by atoms with Gasteiger partial charge in [0, 0.05) is 10.7 Å². The van der Waals surface area contributed by atoms with Crippen molar-refractivity contribution < 1.29 is 9.18 Å². The number of benzene rings is 2. The molecule has 0 fully saturated rings. The van der Waals surface area contributed by atoms with Gasteiger partial charge in [0.1, 0.15) is 5.82 Å². The van der Waals surface area contributed by atoms with E-state index in [4.69, 9.17) is 11.6 Å². The Morgan fingerprint density at radius 2 is 2.00 bits per heavy atom. The molecule has 0 radical (unpaired) electrons. The molecule has 4 nitrogen and oxygen atoms in total. The quantitative estimate of drug-likeness (QED) is 0.656. The molecule has 0 aliphatic carbocycles. The van der Waals surface area contributed by atoms with Crippen molar-refractivity contribution in [2.75, 3.05) is 11.9 Å². The Morgan fingerprint density at radius 1 is 1.27 bits per heavy atom. The van der Waals surface area contributed by atoms with E-state index >= 15 is 0 Å². The lowest BCUT2D eigenvalue weighted by atomic mass is 10.2. The van der Waals surface area contributed by atoms with Crippen LogP contribution < -0.4 is 10.7 Å². The molecule has 2 aromatic rings. The predicted octanol–water partition coefficient (Wildman–Crippen LogP) is 3.35. The third kappa shape index (κ3) is 4.86. The highest BCUT2D eigenvalue weighted by Crippen LogP contribution is 2.19. The highest BCUT2D eigenvalue weighted by Gasteiger charge is 2.02. The fourth-order valence-corrected chi connectivity index (χ4v) is 1.99. The second-order valence-electron chi connectivity index (χ2n) is 4.66. The zero-order chi connectivity index (χ0) is 15.9. The van der Waals surface area contributed by atoms with Crippen LogP contribution in [0, 0.1) is 12.7 Å². The Bertz CT molecular complexity index is 686. The molecule has 2 rings (SSSR count). The summed E-state index contributed by atoms with van der Waals surface area (Å²) in [4.78, 5) is 11.7. The number of amides is 1. The number of aryl methyl sites for hydroxylation is 1. The average molecular weight is 320 g/mol. The van der Waals surface area contributed by atoms with Crippen LogP contribution in [0.2, 0.25) is 5.02 Å². The maximum absolute atomic E-state index is 12.7. The number of carbonyl (C=O) groups excluding carboxylic acids is 1. The summed E-state index contributed by atoms with van der Waals surface area (Å²) in [6, 6.07) is 11.2. The van der Waals surface area contributed by atoms with Crippen LogP contribution in [0.15, 0.2) is 47.6 Å². The molecular formula is C16H15ClFN3O. The van der Waals surface area contributed by atoms with Crippen LogP contribution in [-0.4, -0.2) is 18.7 Å². The van der Waals surface area contributed by atoms with E-state index in [1.165, 1.54) is 18.3 Å². The highest BCUT2D eigenvalue weighted by molar-refractivity contribution is 6.30. The summed E-state index contributed by atoms with van der Waals surface area (Å²) < 4.78 is 12.7. The van der Waals surface area contributed by atoms with Crippen LogP contribution in [0.5, 0.6) is 0 Å². The number of hydrazone groups is 1. The summed E-state index contributed by atoms with van der Waals surface area (Å²) >= 11 is 5.87. The van der Waals surface area contributed by atoms with Gasteiger partial charge in [0.15, 0.2) is 0 Å². The number of carbonyl (C=O) groups is 1. The first-order valence-corrected chi connectivity index (χ1v) is 7.00. The lowest BCUT2D eigenvalue weighted by Crippen LogP contribution is -2.26. The van der Waals surface area contributed by atoms with Crippen molar-refractivity contribution in [3.8, 4) is 0 Å². The van der Waals surface area contributed by atoms with E-state index in [1.807, 2.05) is 19.1 Å². The van der Waals surface area contributed by atoms with Crippen molar-refractivity contribution in [1.29, 1.82) is 0 Å². The number of hydrogen-bond acceptors (Lipinski definition) is 3. The molecule has 0 aliphatic rings. The van der Waals surface area contributed by atoms with Crippen LogP contribution in [0.1, 0.15) is 11.1 Å². The largest absolute Gasteiger partial charge is 0.376 e. The summed E-state index contributed by atoms with van der Waals surface area (Å²) in [5.74, 6) is -0.601. The minimum Gasteiger partial charge on any atom is -0.376 e. The molecule has 6 heteroatoms. The number of hydrogen-bond donors (Lipinski definition) is 2. The Balaban J connectivity index is 1.81. The van der Waals surface area contributed by atoms with E-state index in [2.05, 4.69) is 15.8 Å². The van der Waals surface area contributed by atoms with E-state index in [0.717, 1.165) is 11.3 Å². The molecule has 0 saturated heterocycles. The summed E-state index contributed by atoms with van der Waals surface area (Å²) in [5, 5.41) is 7.46. The van der Waals surface area contributed by atoms with Crippen LogP contribution >= 0.6 is 11.6 Å². The first-order valence-electron chi connectivity index (χ1n) is 6.62. The van der Waals surface area contributed by atoms with E-state index in [0.29, 0.717) is 10.6 Å². The van der Waals surface area contributed by atoms with E-state index in [9.17, 15) is 9.18 Å². The highest BCUT2D eigenvalue weighted by atomic mass is 35.5. The zero-order valence-electron chi connectivity index (χ0n) is 11.9. The summed E-state index contributed by atoms with van der Waals surface area (Å²) in [5.41, 5.74) is 4.88. The molecule has 0 unspecified atom stereocenters. The Kier molecular flexibility index (Phi) is 5.49. The smallest absolute Gasteiger partial charge is 0.259 e. The summed E-state index contributed by atoms with van der Waals surface area (Å²) in [6.07, 6.45) is 1.45. The van der Waals surface area contributed by atoms with E-state index < -0.39 is 0 Å². The molecule has 0 bridgehead atoms. The Labute approximate surface area is 133 Å². The van der Waals surface area contributed by atoms with E-state index in [-0.39, 0.29) is 18.3 Å². The van der Waals surface area contributed by atoms with Gasteiger partial charge in [-0.05, 0) is 48.4 Å². The standard InChI is InChI=1S/C16H15ClFN3O/c1-11-8-13(17)4-7-15(11)19-10-16(22)21-20-9-12-2-5-14(18)6-3-12/h2-9,19H,10H2,1H3,(H,21,22)/b20-9+. The van der Waals surface area contributed by atoms with Crippen LogP contribution in [-0.2, 0) is 4.79 Å². The first-order chi connectivity index (χ1) is 10.5. The van der Waals surface area contributed by atoms with Gasteiger partial charge in [-0.1, -0.05) is 23.7 Å². The van der Waals surface area contributed by atoms with Crippen molar-refractivity contribution in [3.63, 3.8) is 0 Å². The fourth-order valence-electron chi connectivity index (χ4n) is 1.77. The second kappa shape index (κ2) is 7.56. The first kappa shape index (κ1) is 16.0. The van der Waals surface area contributed by atoms with Gasteiger partial charge in [0.2, 0.25) is 0 Å². The molecule has 1 amide bonds. The average Bonchev–Trinajstić information content (AvgIpc) is 2.48. The van der Waals surface area contributed by atoms with E-state index in [1.54, 1.807) is 18.2 Å². The molecule has 2 aromatic carbocycles. The van der Waals surface area contributed by atoms with Crippen molar-refractivity contribution in [1.82, 2.24) is 5.43 Å². The molecule has 114 valence electrons. The predicted molar refractivity (Wildman–Crippen MR) is 86.8 cm³/mol. The topological polar surface area (TPSA) is 53.5 Å². The molecule has 0 atom stereocenters. The van der Waals surface area contributed by atoms with Crippen LogP contribution in [0.3, 0.4) is 0 Å². The molecule has 0 aromatic heterocycles. The normalized spacial score (nSPS) is 10.7. The SMILES string of the molecule is Cc1cc(Cl)ccc1NCC(=O)N/N=C/c1ccc(F)cc1. The second-order valence-corrected chi connectivity index (χ2v) is 5.09. The molecule has 0 heterocycles. The minimum absolute atomic E-state index is 0.0865. The Hall–Kier alpha value is -2.40. The van der Waals surface area contributed by atoms with Crippen molar-refractivity contribution in [2.45, 2.75) is 6.92 Å². The lowest BCUT2D eigenvalue weighted by Gasteiger charge is -2.08. The van der Waals surface area contributed by atoms with Gasteiger partial charge >= 0.3 is 0 Å². The molecular weight excluding hydrogens is 305 g/mol. The lowest BCUT2D eigenvalue weighted by molar-refractivity contribution is -0.119.